The van der Waals surface area contributed by atoms with Crippen molar-refractivity contribution in [3.8, 4) is 6.07 Å². The quantitative estimate of drug-likeness (QED) is 0.442. The standard InChI is InChI=1S/C12H17N5O/c1-9(6-13)7-17(2)8-10-4-3-5-11(15-10)12(18)16-14/h3-5,9H,7-8,14H2,1-2H3,(H,16,18). The normalized spacial score (nSPS) is 11.9. The number of pyridine rings is 1. The summed E-state index contributed by atoms with van der Waals surface area (Å²) in [5, 5.41) is 8.74. The van der Waals surface area contributed by atoms with E-state index in [1.807, 2.05) is 30.4 Å². The molecule has 0 aliphatic heterocycles. The topological polar surface area (TPSA) is 95.0 Å². The number of hydrazine groups is 1. The zero-order valence-corrected chi connectivity index (χ0v) is 10.6. The molecule has 0 saturated heterocycles. The number of carbonyl (C=O) groups excluding carboxylic acids is 1. The van der Waals surface area contributed by atoms with Crippen molar-refractivity contribution >= 4 is 5.91 Å². The fourth-order valence-corrected chi connectivity index (χ4v) is 1.62. The van der Waals surface area contributed by atoms with Gasteiger partial charge in [-0.05, 0) is 26.1 Å². The van der Waals surface area contributed by atoms with Crippen molar-refractivity contribution in [2.45, 2.75) is 13.5 Å². The highest BCUT2D eigenvalue weighted by Gasteiger charge is 2.09. The van der Waals surface area contributed by atoms with Crippen LogP contribution in [0.2, 0.25) is 0 Å². The second kappa shape index (κ2) is 6.69. The molecule has 6 nitrogen and oxygen atoms in total. The summed E-state index contributed by atoms with van der Waals surface area (Å²) < 4.78 is 0. The van der Waals surface area contributed by atoms with Crippen molar-refractivity contribution in [1.29, 1.82) is 5.26 Å². The first-order chi connectivity index (χ1) is 8.56. The first-order valence-corrected chi connectivity index (χ1v) is 5.62. The number of carbonyl (C=O) groups is 1. The zero-order chi connectivity index (χ0) is 13.5. The SMILES string of the molecule is CC(C#N)CN(C)Cc1cccc(C(=O)NN)n1. The smallest absolute Gasteiger partial charge is 0.283 e. The Morgan fingerprint density at radius 2 is 2.39 bits per heavy atom. The summed E-state index contributed by atoms with van der Waals surface area (Å²) in [6.07, 6.45) is 0. The van der Waals surface area contributed by atoms with Crippen LogP contribution in [0.15, 0.2) is 18.2 Å². The number of nitrogens with two attached hydrogens (primary N) is 1. The second-order valence-corrected chi connectivity index (χ2v) is 4.21. The van der Waals surface area contributed by atoms with Crippen molar-refractivity contribution in [1.82, 2.24) is 15.3 Å². The van der Waals surface area contributed by atoms with Crippen LogP contribution in [0.1, 0.15) is 23.1 Å². The second-order valence-electron chi connectivity index (χ2n) is 4.21. The molecule has 1 atom stereocenters. The van der Waals surface area contributed by atoms with Gasteiger partial charge in [-0.15, -0.1) is 0 Å². The van der Waals surface area contributed by atoms with Crippen LogP contribution in [0, 0.1) is 17.2 Å². The van der Waals surface area contributed by atoms with Gasteiger partial charge < -0.3 is 0 Å². The van der Waals surface area contributed by atoms with E-state index in [2.05, 4.69) is 11.1 Å². The van der Waals surface area contributed by atoms with Gasteiger partial charge in [0.15, 0.2) is 0 Å². The van der Waals surface area contributed by atoms with Crippen LogP contribution in [-0.4, -0.2) is 29.4 Å². The van der Waals surface area contributed by atoms with E-state index in [0.717, 1.165) is 5.69 Å². The van der Waals surface area contributed by atoms with E-state index in [0.29, 0.717) is 13.1 Å². The summed E-state index contributed by atoms with van der Waals surface area (Å²) in [5.41, 5.74) is 3.10. The van der Waals surface area contributed by atoms with Gasteiger partial charge in [-0.25, -0.2) is 10.8 Å². The summed E-state index contributed by atoms with van der Waals surface area (Å²) in [6.45, 7) is 3.10. The predicted octanol–water partition coefficient (Wildman–Crippen LogP) is 0.277. The Morgan fingerprint density at radius 3 is 3.00 bits per heavy atom. The van der Waals surface area contributed by atoms with Gasteiger partial charge in [-0.2, -0.15) is 5.26 Å². The van der Waals surface area contributed by atoms with E-state index >= 15 is 0 Å². The fourth-order valence-electron chi connectivity index (χ4n) is 1.62. The van der Waals surface area contributed by atoms with E-state index in [9.17, 15) is 4.79 Å². The van der Waals surface area contributed by atoms with Gasteiger partial charge in [0.2, 0.25) is 0 Å². The number of nitrogen functional groups attached to an aromatic ring is 1. The summed E-state index contributed by atoms with van der Waals surface area (Å²) in [7, 11) is 1.91. The lowest BCUT2D eigenvalue weighted by molar-refractivity contribution is 0.0948. The third-order valence-electron chi connectivity index (χ3n) is 2.41. The summed E-state index contributed by atoms with van der Waals surface area (Å²) in [4.78, 5) is 17.5. The highest BCUT2D eigenvalue weighted by molar-refractivity contribution is 5.91. The molecule has 96 valence electrons. The number of aromatic nitrogens is 1. The highest BCUT2D eigenvalue weighted by atomic mass is 16.2. The zero-order valence-electron chi connectivity index (χ0n) is 10.6. The molecule has 0 aromatic carbocycles. The van der Waals surface area contributed by atoms with Crippen LogP contribution in [0.5, 0.6) is 0 Å². The molecular formula is C12H17N5O. The van der Waals surface area contributed by atoms with Gasteiger partial charge in [-0.1, -0.05) is 6.07 Å². The van der Waals surface area contributed by atoms with Crippen LogP contribution in [0.3, 0.4) is 0 Å². The molecule has 3 N–H and O–H groups in total. The first-order valence-electron chi connectivity index (χ1n) is 5.62. The maximum Gasteiger partial charge on any atom is 0.283 e. The average molecular weight is 247 g/mol. The molecular weight excluding hydrogens is 230 g/mol. The molecule has 0 saturated carbocycles. The minimum absolute atomic E-state index is 0.0366. The molecule has 0 spiro atoms. The molecule has 1 amide bonds. The minimum atomic E-state index is -0.412. The first kappa shape index (κ1) is 14.1. The number of hydrogen-bond acceptors (Lipinski definition) is 5. The van der Waals surface area contributed by atoms with Gasteiger partial charge in [0.05, 0.1) is 17.7 Å². The molecule has 1 rings (SSSR count). The molecule has 1 heterocycles. The molecule has 18 heavy (non-hydrogen) atoms. The van der Waals surface area contributed by atoms with E-state index < -0.39 is 5.91 Å². The largest absolute Gasteiger partial charge is 0.299 e. The maximum atomic E-state index is 11.3. The number of hydrogen-bond donors (Lipinski definition) is 2. The van der Waals surface area contributed by atoms with Gasteiger partial charge in [0.1, 0.15) is 5.69 Å². The lowest BCUT2D eigenvalue weighted by atomic mass is 10.2. The molecule has 0 fully saturated rings. The summed E-state index contributed by atoms with van der Waals surface area (Å²) >= 11 is 0. The Balaban J connectivity index is 2.68. The monoisotopic (exact) mass is 247 g/mol. The van der Waals surface area contributed by atoms with E-state index in [-0.39, 0.29) is 11.6 Å². The molecule has 0 aliphatic carbocycles. The third kappa shape index (κ3) is 4.13. The van der Waals surface area contributed by atoms with Crippen LogP contribution >= 0.6 is 0 Å². The lowest BCUT2D eigenvalue weighted by Crippen LogP contribution is -2.31. The van der Waals surface area contributed by atoms with Gasteiger partial charge in [-0.3, -0.25) is 15.1 Å². The van der Waals surface area contributed by atoms with Crippen molar-refractivity contribution in [3.05, 3.63) is 29.6 Å². The molecule has 1 aromatic rings. The van der Waals surface area contributed by atoms with Crippen LogP contribution < -0.4 is 11.3 Å². The van der Waals surface area contributed by atoms with E-state index in [1.54, 1.807) is 12.1 Å². The van der Waals surface area contributed by atoms with Crippen molar-refractivity contribution in [2.24, 2.45) is 11.8 Å². The Hall–Kier alpha value is -1.97. The average Bonchev–Trinajstić information content (AvgIpc) is 2.37. The van der Waals surface area contributed by atoms with Crippen LogP contribution in [-0.2, 0) is 6.54 Å². The Labute approximate surface area is 106 Å². The van der Waals surface area contributed by atoms with Gasteiger partial charge in [0.25, 0.3) is 5.91 Å². The Bertz CT molecular complexity index is 454. The molecule has 0 bridgehead atoms. The predicted molar refractivity (Wildman–Crippen MR) is 67.0 cm³/mol. The summed E-state index contributed by atoms with van der Waals surface area (Å²) in [5.74, 6) is 4.60. The number of rotatable bonds is 5. The van der Waals surface area contributed by atoms with Crippen molar-refractivity contribution in [2.75, 3.05) is 13.6 Å². The maximum absolute atomic E-state index is 11.3. The van der Waals surface area contributed by atoms with Crippen LogP contribution in [0.4, 0.5) is 0 Å². The highest BCUT2D eigenvalue weighted by Crippen LogP contribution is 2.04. The molecule has 1 unspecified atom stereocenters. The van der Waals surface area contributed by atoms with E-state index in [1.165, 1.54) is 0 Å². The Kier molecular flexibility index (Phi) is 5.24. The summed E-state index contributed by atoms with van der Waals surface area (Å²) in [6, 6.07) is 7.37. The lowest BCUT2D eigenvalue weighted by Gasteiger charge is -2.17. The van der Waals surface area contributed by atoms with Gasteiger partial charge >= 0.3 is 0 Å². The molecule has 1 aromatic heterocycles. The van der Waals surface area contributed by atoms with Crippen molar-refractivity contribution in [3.63, 3.8) is 0 Å². The van der Waals surface area contributed by atoms with Crippen LogP contribution in [0.25, 0.3) is 0 Å². The Morgan fingerprint density at radius 1 is 1.67 bits per heavy atom. The fraction of sp³-hybridized carbons (Fsp3) is 0.417. The third-order valence-corrected chi connectivity index (χ3v) is 2.41. The number of nitriles is 1. The molecule has 0 aliphatic rings. The minimum Gasteiger partial charge on any atom is -0.299 e. The number of amides is 1. The molecule has 6 heteroatoms. The van der Waals surface area contributed by atoms with Gasteiger partial charge in [0, 0.05) is 13.1 Å². The number of nitrogens with zero attached hydrogens (tertiary/aromatic N) is 3. The van der Waals surface area contributed by atoms with E-state index in [4.69, 9.17) is 11.1 Å². The van der Waals surface area contributed by atoms with Crippen molar-refractivity contribution < 1.29 is 4.79 Å². The number of nitrogens with one attached hydrogen (secondary N) is 1. The molecule has 0 radical (unpaired) electrons.